The summed E-state index contributed by atoms with van der Waals surface area (Å²) in [6.07, 6.45) is 3.86. The summed E-state index contributed by atoms with van der Waals surface area (Å²) in [5.74, 6) is 0. The Morgan fingerprint density at radius 3 is 2.94 bits per heavy atom. The van der Waals surface area contributed by atoms with Crippen LogP contribution in [0, 0.1) is 0 Å². The summed E-state index contributed by atoms with van der Waals surface area (Å²) in [5.41, 5.74) is 2.94. The van der Waals surface area contributed by atoms with Crippen LogP contribution in [0.25, 0.3) is 0 Å². The summed E-state index contributed by atoms with van der Waals surface area (Å²) < 4.78 is 2.51. The van der Waals surface area contributed by atoms with Crippen LogP contribution in [-0.2, 0) is 13.1 Å². The van der Waals surface area contributed by atoms with Crippen LogP contribution in [0.15, 0.2) is 12.1 Å². The van der Waals surface area contributed by atoms with Crippen molar-refractivity contribution >= 4 is 0 Å². The van der Waals surface area contributed by atoms with Crippen LogP contribution in [0.2, 0.25) is 0 Å². The molecular formula is C14H25N3. The molecule has 0 amide bonds. The van der Waals surface area contributed by atoms with Gasteiger partial charge in [0.1, 0.15) is 0 Å². The number of hydrogen-bond acceptors (Lipinski definition) is 2. The fourth-order valence-electron chi connectivity index (χ4n) is 2.68. The van der Waals surface area contributed by atoms with Crippen molar-refractivity contribution in [2.24, 2.45) is 0 Å². The van der Waals surface area contributed by atoms with Crippen molar-refractivity contribution in [3.8, 4) is 0 Å². The number of nitrogens with zero attached hydrogens (tertiary/aromatic N) is 2. The Hall–Kier alpha value is -0.800. The highest BCUT2D eigenvalue weighted by Gasteiger charge is 2.21. The minimum atomic E-state index is 0.569. The lowest BCUT2D eigenvalue weighted by Crippen LogP contribution is -2.34. The molecule has 0 fully saturated rings. The average molecular weight is 235 g/mol. The Balaban J connectivity index is 2.13. The second-order valence-corrected chi connectivity index (χ2v) is 5.29. The van der Waals surface area contributed by atoms with Crippen molar-refractivity contribution in [1.82, 2.24) is 14.8 Å². The quantitative estimate of drug-likeness (QED) is 0.845. The molecule has 1 aliphatic heterocycles. The van der Waals surface area contributed by atoms with E-state index < -0.39 is 0 Å². The molecular weight excluding hydrogens is 210 g/mol. The summed E-state index contributed by atoms with van der Waals surface area (Å²) >= 11 is 0. The molecule has 0 saturated heterocycles. The van der Waals surface area contributed by atoms with Gasteiger partial charge in [-0.05, 0) is 32.6 Å². The molecule has 0 radical (unpaired) electrons. The Bertz CT molecular complexity index is 354. The molecule has 96 valence electrons. The average Bonchev–Trinajstić information content (AvgIpc) is 2.70. The van der Waals surface area contributed by atoms with Gasteiger partial charge in [0, 0.05) is 37.1 Å². The zero-order valence-electron chi connectivity index (χ0n) is 11.4. The van der Waals surface area contributed by atoms with Gasteiger partial charge < -0.3 is 14.8 Å². The number of aromatic nitrogens is 1. The molecule has 1 aromatic heterocycles. The van der Waals surface area contributed by atoms with Crippen LogP contribution in [-0.4, -0.2) is 30.1 Å². The van der Waals surface area contributed by atoms with Crippen molar-refractivity contribution in [2.45, 2.75) is 45.3 Å². The van der Waals surface area contributed by atoms with Crippen LogP contribution < -0.4 is 5.32 Å². The summed E-state index contributed by atoms with van der Waals surface area (Å²) in [5, 5.41) is 3.64. The fraction of sp³-hybridized carbons (Fsp3) is 0.714. The van der Waals surface area contributed by atoms with Gasteiger partial charge in [0.2, 0.25) is 0 Å². The first kappa shape index (κ1) is 12.7. The van der Waals surface area contributed by atoms with E-state index in [1.165, 1.54) is 30.7 Å². The molecule has 17 heavy (non-hydrogen) atoms. The first-order valence-electron chi connectivity index (χ1n) is 6.78. The standard InChI is InChI=1S/C14H25N3/c1-4-5-6-13-14-8-7-12(11-16(2)3)17(14)10-9-15-13/h7-8,13,15H,4-6,9-11H2,1-3H3. The summed E-state index contributed by atoms with van der Waals surface area (Å²) in [6, 6.07) is 5.17. The maximum absolute atomic E-state index is 3.64. The van der Waals surface area contributed by atoms with Crippen LogP contribution in [0.1, 0.15) is 43.6 Å². The summed E-state index contributed by atoms with van der Waals surface area (Å²) in [4.78, 5) is 2.24. The second-order valence-electron chi connectivity index (χ2n) is 5.29. The summed E-state index contributed by atoms with van der Waals surface area (Å²) in [6.45, 7) is 5.53. The maximum Gasteiger partial charge on any atom is 0.0475 e. The van der Waals surface area contributed by atoms with E-state index in [-0.39, 0.29) is 0 Å². The fourth-order valence-corrected chi connectivity index (χ4v) is 2.68. The predicted octanol–water partition coefficient (Wildman–Crippen LogP) is 2.38. The third kappa shape index (κ3) is 2.90. The lowest BCUT2D eigenvalue weighted by atomic mass is 10.1. The molecule has 0 aliphatic carbocycles. The molecule has 2 heterocycles. The molecule has 1 atom stereocenters. The number of rotatable bonds is 5. The van der Waals surface area contributed by atoms with Gasteiger partial charge in [-0.2, -0.15) is 0 Å². The van der Waals surface area contributed by atoms with Crippen LogP contribution in [0.4, 0.5) is 0 Å². The minimum Gasteiger partial charge on any atom is -0.345 e. The maximum atomic E-state index is 3.64. The van der Waals surface area contributed by atoms with Crippen LogP contribution >= 0.6 is 0 Å². The van der Waals surface area contributed by atoms with E-state index in [4.69, 9.17) is 0 Å². The lowest BCUT2D eigenvalue weighted by Gasteiger charge is -2.28. The number of unbranched alkanes of at least 4 members (excludes halogenated alkanes) is 1. The van der Waals surface area contributed by atoms with Gasteiger partial charge in [-0.15, -0.1) is 0 Å². The topological polar surface area (TPSA) is 20.2 Å². The first-order chi connectivity index (χ1) is 8.22. The van der Waals surface area contributed by atoms with E-state index >= 15 is 0 Å². The third-order valence-electron chi connectivity index (χ3n) is 3.51. The summed E-state index contributed by atoms with van der Waals surface area (Å²) in [7, 11) is 4.27. The molecule has 2 rings (SSSR count). The van der Waals surface area contributed by atoms with E-state index in [1.54, 1.807) is 0 Å². The van der Waals surface area contributed by atoms with Crippen molar-refractivity contribution in [2.75, 3.05) is 20.6 Å². The van der Waals surface area contributed by atoms with E-state index in [1.807, 2.05) is 0 Å². The van der Waals surface area contributed by atoms with E-state index in [0.29, 0.717) is 6.04 Å². The van der Waals surface area contributed by atoms with Gasteiger partial charge in [0.15, 0.2) is 0 Å². The molecule has 3 heteroatoms. The van der Waals surface area contributed by atoms with Crippen molar-refractivity contribution < 1.29 is 0 Å². The highest BCUT2D eigenvalue weighted by molar-refractivity contribution is 5.21. The Morgan fingerprint density at radius 1 is 1.41 bits per heavy atom. The van der Waals surface area contributed by atoms with Gasteiger partial charge >= 0.3 is 0 Å². The van der Waals surface area contributed by atoms with Crippen LogP contribution in [0.5, 0.6) is 0 Å². The van der Waals surface area contributed by atoms with Gasteiger partial charge in [-0.3, -0.25) is 0 Å². The highest BCUT2D eigenvalue weighted by Crippen LogP contribution is 2.25. The molecule has 1 aromatic rings. The second kappa shape index (κ2) is 5.69. The monoisotopic (exact) mass is 235 g/mol. The minimum absolute atomic E-state index is 0.569. The highest BCUT2D eigenvalue weighted by atomic mass is 15.1. The Kier molecular flexibility index (Phi) is 4.24. The first-order valence-corrected chi connectivity index (χ1v) is 6.78. The lowest BCUT2D eigenvalue weighted by molar-refractivity contribution is 0.358. The SMILES string of the molecule is CCCCC1NCCn2c(CN(C)C)ccc21. The molecule has 0 saturated carbocycles. The van der Waals surface area contributed by atoms with Crippen molar-refractivity contribution in [3.05, 3.63) is 23.5 Å². The Morgan fingerprint density at radius 2 is 2.24 bits per heavy atom. The zero-order valence-corrected chi connectivity index (χ0v) is 11.4. The molecule has 0 spiro atoms. The van der Waals surface area contributed by atoms with Gasteiger partial charge in [-0.1, -0.05) is 19.8 Å². The molecule has 1 aliphatic rings. The molecule has 1 N–H and O–H groups in total. The van der Waals surface area contributed by atoms with E-state index in [9.17, 15) is 0 Å². The van der Waals surface area contributed by atoms with Gasteiger partial charge in [0.25, 0.3) is 0 Å². The number of hydrogen-bond donors (Lipinski definition) is 1. The van der Waals surface area contributed by atoms with Crippen molar-refractivity contribution in [1.29, 1.82) is 0 Å². The number of nitrogens with one attached hydrogen (secondary N) is 1. The predicted molar refractivity (Wildman–Crippen MR) is 72.1 cm³/mol. The number of fused-ring (bicyclic) bond motifs is 1. The zero-order chi connectivity index (χ0) is 12.3. The normalized spacial score (nSPS) is 19.6. The molecule has 0 aromatic carbocycles. The largest absolute Gasteiger partial charge is 0.345 e. The molecule has 1 unspecified atom stereocenters. The van der Waals surface area contributed by atoms with Gasteiger partial charge in [-0.25, -0.2) is 0 Å². The van der Waals surface area contributed by atoms with Crippen molar-refractivity contribution in [3.63, 3.8) is 0 Å². The molecule has 0 bridgehead atoms. The van der Waals surface area contributed by atoms with Crippen LogP contribution in [0.3, 0.4) is 0 Å². The van der Waals surface area contributed by atoms with E-state index in [2.05, 4.69) is 47.9 Å². The molecule has 3 nitrogen and oxygen atoms in total. The third-order valence-corrected chi connectivity index (χ3v) is 3.51. The Labute approximate surface area is 105 Å². The smallest absolute Gasteiger partial charge is 0.0475 e. The van der Waals surface area contributed by atoms with E-state index in [0.717, 1.165) is 19.6 Å². The van der Waals surface area contributed by atoms with Gasteiger partial charge in [0.05, 0.1) is 0 Å².